The molecule has 256 valence electrons. The smallest absolute Gasteiger partial charge is 0.373 e. The molecule has 0 aromatic heterocycles. The first-order valence-electron chi connectivity index (χ1n) is 17.4. The van der Waals surface area contributed by atoms with Crippen LogP contribution in [0.5, 0.6) is 0 Å². The summed E-state index contributed by atoms with van der Waals surface area (Å²) in [5, 5.41) is 0. The average molecular weight is 761 g/mol. The molecular formula is C24H56O12Si8. The van der Waals surface area contributed by atoms with Gasteiger partial charge in [0.25, 0.3) is 0 Å². The van der Waals surface area contributed by atoms with Crippen LogP contribution in [0.25, 0.3) is 0 Å². The minimum absolute atomic E-state index is 0.554. The lowest BCUT2D eigenvalue weighted by molar-refractivity contribution is -0.0305. The Labute approximate surface area is 273 Å². The van der Waals surface area contributed by atoms with Gasteiger partial charge < -0.3 is 49.4 Å². The maximum atomic E-state index is 7.42. The van der Waals surface area contributed by atoms with E-state index in [2.05, 4.69) is 55.4 Å². The molecule has 0 spiro atoms. The predicted octanol–water partition coefficient (Wildman–Crippen LogP) is 7.04. The van der Waals surface area contributed by atoms with Crippen LogP contribution in [0.3, 0.4) is 0 Å². The van der Waals surface area contributed by atoms with E-state index >= 15 is 0 Å². The molecule has 0 amide bonds. The average Bonchev–Trinajstić information content (AvgIpc) is 2.85. The normalized spacial score (nSPS) is 46.4. The second-order valence-electron chi connectivity index (χ2n) is 12.7. The van der Waals surface area contributed by atoms with Gasteiger partial charge in [-0.2, -0.15) is 0 Å². The van der Waals surface area contributed by atoms with E-state index in [4.69, 9.17) is 49.4 Å². The zero-order valence-electron chi connectivity index (χ0n) is 28.2. The zero-order valence-corrected chi connectivity index (χ0v) is 36.2. The standard InChI is InChI=1S/C24H56O12Si8/c1-9-17-37-25-38(18-10-2)28-41(21-13-5)30-39(26-37,19-11-3)32-43(23-15-7)33-40(27-37,20-12-4)31-42(29-38,22-14-6)35-44(34-41,36-43)24-16-8/h9-24H2,1-8H3. The van der Waals surface area contributed by atoms with Crippen molar-refractivity contribution in [1.29, 1.82) is 0 Å². The Morgan fingerprint density at radius 2 is 0.295 bits per heavy atom. The molecule has 0 aliphatic carbocycles. The van der Waals surface area contributed by atoms with E-state index < -0.39 is 70.4 Å². The van der Waals surface area contributed by atoms with Crippen molar-refractivity contribution in [2.75, 3.05) is 0 Å². The van der Waals surface area contributed by atoms with Crippen molar-refractivity contribution in [3.05, 3.63) is 0 Å². The van der Waals surface area contributed by atoms with Gasteiger partial charge in [-0.05, 0) is 0 Å². The molecule has 6 fully saturated rings. The van der Waals surface area contributed by atoms with E-state index in [0.29, 0.717) is 48.4 Å². The second-order valence-corrected chi connectivity index (χ2v) is 37.4. The first kappa shape index (κ1) is 36.5. The fourth-order valence-electron chi connectivity index (χ4n) is 7.02. The van der Waals surface area contributed by atoms with Gasteiger partial charge in [-0.3, -0.25) is 0 Å². The lowest BCUT2D eigenvalue weighted by Gasteiger charge is -2.63. The molecule has 0 aromatic rings. The highest BCUT2D eigenvalue weighted by Gasteiger charge is 2.82. The largest absolute Gasteiger partial charge is 0.478 e. The lowest BCUT2D eigenvalue weighted by Crippen LogP contribution is -2.88. The Hall–Kier alpha value is 1.26. The van der Waals surface area contributed by atoms with Crippen LogP contribution in [-0.2, 0) is 49.4 Å². The van der Waals surface area contributed by atoms with Crippen molar-refractivity contribution in [1.82, 2.24) is 0 Å². The quantitative estimate of drug-likeness (QED) is 0.151. The van der Waals surface area contributed by atoms with Crippen molar-refractivity contribution >= 4 is 70.4 Å². The van der Waals surface area contributed by atoms with E-state index in [1.54, 1.807) is 0 Å². The summed E-state index contributed by atoms with van der Waals surface area (Å²) in [6.07, 6.45) is 6.21. The van der Waals surface area contributed by atoms with Crippen LogP contribution in [0.15, 0.2) is 0 Å². The molecule has 0 aromatic carbocycles. The van der Waals surface area contributed by atoms with E-state index in [-0.39, 0.29) is 0 Å². The van der Waals surface area contributed by atoms with E-state index in [0.717, 1.165) is 51.4 Å². The number of rotatable bonds is 16. The zero-order chi connectivity index (χ0) is 31.8. The maximum Gasteiger partial charge on any atom is 0.478 e. The highest BCUT2D eigenvalue weighted by Crippen LogP contribution is 2.54. The predicted molar refractivity (Wildman–Crippen MR) is 180 cm³/mol. The molecule has 20 heteroatoms. The van der Waals surface area contributed by atoms with E-state index in [1.165, 1.54) is 0 Å². The molecular weight excluding hydrogens is 705 g/mol. The van der Waals surface area contributed by atoms with Crippen molar-refractivity contribution in [3.8, 4) is 0 Å². The Bertz CT molecular complexity index is 702. The van der Waals surface area contributed by atoms with Crippen molar-refractivity contribution in [2.24, 2.45) is 0 Å². The summed E-state index contributed by atoms with van der Waals surface area (Å²) < 4.78 is 89.0. The van der Waals surface area contributed by atoms with Crippen LogP contribution < -0.4 is 0 Å². The van der Waals surface area contributed by atoms with Gasteiger partial charge in [-0.25, -0.2) is 0 Å². The summed E-state index contributed by atoms with van der Waals surface area (Å²) in [6.45, 7) is 17.0. The molecule has 6 heterocycles. The summed E-state index contributed by atoms with van der Waals surface area (Å²) in [4.78, 5) is 0. The highest BCUT2D eigenvalue weighted by molar-refractivity contribution is 7.03. The molecule has 12 nitrogen and oxygen atoms in total. The Morgan fingerprint density at radius 3 is 0.364 bits per heavy atom. The van der Waals surface area contributed by atoms with Gasteiger partial charge in [-0.1, -0.05) is 107 Å². The van der Waals surface area contributed by atoms with Crippen LogP contribution in [0, 0.1) is 0 Å². The van der Waals surface area contributed by atoms with Gasteiger partial charge >= 0.3 is 70.4 Å². The lowest BCUT2D eigenvalue weighted by atomic mass is 10.6. The first-order chi connectivity index (χ1) is 21.0. The maximum absolute atomic E-state index is 7.42. The van der Waals surface area contributed by atoms with Crippen LogP contribution in [-0.4, -0.2) is 70.4 Å². The molecule has 44 heavy (non-hydrogen) atoms. The molecule has 0 N–H and O–H groups in total. The molecule has 0 radical (unpaired) electrons. The molecule has 8 bridgehead atoms. The van der Waals surface area contributed by atoms with Gasteiger partial charge in [0, 0.05) is 48.4 Å². The number of hydrogen-bond donors (Lipinski definition) is 0. The third-order valence-electron chi connectivity index (χ3n) is 8.18. The Kier molecular flexibility index (Phi) is 11.5. The molecule has 0 unspecified atom stereocenters. The SMILES string of the molecule is CCC[Si]12O[Si]3(CCC)O[Si]4(CCC)O[Si](CCC)(O1)O[Si]1(CCC)O[Si](CCC)(O2)O[Si](CCC)(O3)O[Si](CCC)(O4)O1. The van der Waals surface area contributed by atoms with Crippen molar-refractivity contribution in [3.63, 3.8) is 0 Å². The Balaban J connectivity index is 1.88. The fraction of sp³-hybridized carbons (Fsp3) is 1.00. The number of hydrogen-bond acceptors (Lipinski definition) is 12. The van der Waals surface area contributed by atoms with Gasteiger partial charge in [0.2, 0.25) is 0 Å². The third kappa shape index (κ3) is 6.97. The van der Waals surface area contributed by atoms with Crippen LogP contribution in [0.4, 0.5) is 0 Å². The summed E-state index contributed by atoms with van der Waals surface area (Å²) in [5.41, 5.74) is 0. The molecule has 0 atom stereocenters. The van der Waals surface area contributed by atoms with Gasteiger partial charge in [0.1, 0.15) is 0 Å². The monoisotopic (exact) mass is 760 g/mol. The van der Waals surface area contributed by atoms with E-state index in [9.17, 15) is 0 Å². The van der Waals surface area contributed by atoms with Gasteiger partial charge in [0.05, 0.1) is 0 Å². The van der Waals surface area contributed by atoms with Crippen molar-refractivity contribution < 1.29 is 49.4 Å². The van der Waals surface area contributed by atoms with Crippen LogP contribution in [0.1, 0.15) is 107 Å². The second kappa shape index (κ2) is 13.9. The van der Waals surface area contributed by atoms with Gasteiger partial charge in [-0.15, -0.1) is 0 Å². The summed E-state index contributed by atoms with van der Waals surface area (Å²) >= 11 is 0. The Morgan fingerprint density at radius 1 is 0.205 bits per heavy atom. The van der Waals surface area contributed by atoms with Crippen LogP contribution >= 0.6 is 0 Å². The fourth-order valence-corrected chi connectivity index (χ4v) is 57.5. The first-order valence-corrected chi connectivity index (χ1v) is 32.8. The molecule has 0 saturated carbocycles. The van der Waals surface area contributed by atoms with E-state index in [1.807, 2.05) is 0 Å². The summed E-state index contributed by atoms with van der Waals surface area (Å²) in [5.74, 6) is 0. The molecule has 6 saturated heterocycles. The highest BCUT2D eigenvalue weighted by atomic mass is 28.6. The van der Waals surface area contributed by atoms with Crippen molar-refractivity contribution in [2.45, 2.75) is 155 Å². The van der Waals surface area contributed by atoms with Crippen LogP contribution in [0.2, 0.25) is 48.4 Å². The molecule has 6 rings (SSSR count). The third-order valence-corrected chi connectivity index (χ3v) is 46.9. The topological polar surface area (TPSA) is 111 Å². The molecule has 6 aliphatic heterocycles. The van der Waals surface area contributed by atoms with Gasteiger partial charge in [0.15, 0.2) is 0 Å². The summed E-state index contributed by atoms with van der Waals surface area (Å²) in [7, 11) is -29.1. The summed E-state index contributed by atoms with van der Waals surface area (Å²) in [6, 6.07) is 4.43. The minimum atomic E-state index is -3.64. The molecule has 6 aliphatic rings. The minimum Gasteiger partial charge on any atom is -0.373 e.